The quantitative estimate of drug-likeness (QED) is 0.515. The maximum atomic E-state index is 11.2. The maximum Gasteiger partial charge on any atom is 0.344 e. The number of imidazole rings is 1. The second-order valence-electron chi connectivity index (χ2n) is 2.70. The summed E-state index contributed by atoms with van der Waals surface area (Å²) in [6, 6.07) is 0. The molecule has 1 aromatic rings. The molecule has 7 nitrogen and oxygen atoms in total. The third-order valence-electron chi connectivity index (χ3n) is 1.49. The number of carbonyl (C=O) groups is 1. The standard InChI is InChI=1S/C6H10N3O4P/c1-4-5(8-2-7-4)6(10)9-3-14(11,12)13/h2H,3H2,1H3,(H,7,8)(H,9,10)(H2,11,12,13). The van der Waals surface area contributed by atoms with E-state index in [0.29, 0.717) is 5.69 Å². The van der Waals surface area contributed by atoms with E-state index in [1.165, 1.54) is 6.33 Å². The van der Waals surface area contributed by atoms with Gasteiger partial charge in [-0.1, -0.05) is 0 Å². The number of amides is 1. The van der Waals surface area contributed by atoms with E-state index < -0.39 is 19.8 Å². The summed E-state index contributed by atoms with van der Waals surface area (Å²) in [6.45, 7) is 1.64. The molecule has 0 aliphatic carbocycles. The van der Waals surface area contributed by atoms with Gasteiger partial charge in [-0.3, -0.25) is 9.36 Å². The van der Waals surface area contributed by atoms with Crippen molar-refractivity contribution in [1.82, 2.24) is 15.3 Å². The molecule has 0 aromatic carbocycles. The highest BCUT2D eigenvalue weighted by molar-refractivity contribution is 7.51. The zero-order valence-electron chi connectivity index (χ0n) is 7.39. The highest BCUT2D eigenvalue weighted by atomic mass is 31.2. The van der Waals surface area contributed by atoms with Crippen LogP contribution in [0.2, 0.25) is 0 Å². The number of nitrogens with zero attached hydrogens (tertiary/aromatic N) is 1. The summed E-state index contributed by atoms with van der Waals surface area (Å²) in [5, 5.41) is 2.08. The topological polar surface area (TPSA) is 115 Å². The predicted molar refractivity (Wildman–Crippen MR) is 47.7 cm³/mol. The lowest BCUT2D eigenvalue weighted by atomic mass is 10.3. The van der Waals surface area contributed by atoms with Crippen LogP contribution in [-0.2, 0) is 4.57 Å². The van der Waals surface area contributed by atoms with Crippen molar-refractivity contribution in [3.8, 4) is 0 Å². The van der Waals surface area contributed by atoms with Crippen LogP contribution in [0.5, 0.6) is 0 Å². The summed E-state index contributed by atoms with van der Waals surface area (Å²) < 4.78 is 10.4. The van der Waals surface area contributed by atoms with E-state index in [2.05, 4.69) is 15.3 Å². The van der Waals surface area contributed by atoms with Gasteiger partial charge in [-0.05, 0) is 6.92 Å². The molecule has 0 spiro atoms. The molecule has 0 fully saturated rings. The molecule has 1 aromatic heterocycles. The average Bonchev–Trinajstić information content (AvgIpc) is 2.46. The summed E-state index contributed by atoms with van der Waals surface area (Å²) in [4.78, 5) is 34.6. The van der Waals surface area contributed by atoms with Crippen molar-refractivity contribution < 1.29 is 19.1 Å². The smallest absolute Gasteiger partial charge is 0.344 e. The van der Waals surface area contributed by atoms with E-state index in [0.717, 1.165) is 0 Å². The minimum Gasteiger partial charge on any atom is -0.348 e. The van der Waals surface area contributed by atoms with E-state index in [1.807, 2.05) is 0 Å². The van der Waals surface area contributed by atoms with E-state index in [9.17, 15) is 9.36 Å². The minimum atomic E-state index is -4.21. The molecule has 0 atom stereocenters. The Morgan fingerprint density at radius 1 is 1.71 bits per heavy atom. The van der Waals surface area contributed by atoms with Crippen molar-refractivity contribution in [2.45, 2.75) is 6.92 Å². The van der Waals surface area contributed by atoms with Crippen molar-refractivity contribution in [3.05, 3.63) is 17.7 Å². The van der Waals surface area contributed by atoms with Gasteiger partial charge in [0.25, 0.3) is 5.91 Å². The number of carbonyl (C=O) groups excluding carboxylic acids is 1. The molecular formula is C6H10N3O4P. The second-order valence-corrected chi connectivity index (χ2v) is 4.35. The fourth-order valence-electron chi connectivity index (χ4n) is 0.846. The van der Waals surface area contributed by atoms with Crippen molar-refractivity contribution in [2.24, 2.45) is 0 Å². The molecule has 0 saturated carbocycles. The molecule has 8 heteroatoms. The molecule has 0 radical (unpaired) electrons. The van der Waals surface area contributed by atoms with Crippen LogP contribution in [0.4, 0.5) is 0 Å². The normalized spacial score (nSPS) is 11.4. The number of H-pyrrole nitrogens is 1. The molecule has 1 heterocycles. The van der Waals surface area contributed by atoms with Crippen molar-refractivity contribution >= 4 is 13.5 Å². The van der Waals surface area contributed by atoms with Gasteiger partial charge in [0, 0.05) is 5.69 Å². The largest absolute Gasteiger partial charge is 0.348 e. The Labute approximate surface area is 79.7 Å². The third-order valence-corrected chi connectivity index (χ3v) is 2.06. The molecule has 0 saturated heterocycles. The van der Waals surface area contributed by atoms with Crippen LogP contribution in [0.15, 0.2) is 6.33 Å². The van der Waals surface area contributed by atoms with Crippen LogP contribution in [0, 0.1) is 6.92 Å². The van der Waals surface area contributed by atoms with Gasteiger partial charge in [-0.2, -0.15) is 0 Å². The van der Waals surface area contributed by atoms with E-state index in [-0.39, 0.29) is 5.69 Å². The SMILES string of the molecule is Cc1[nH]cnc1C(=O)NCP(=O)(O)O. The zero-order chi connectivity index (χ0) is 10.8. The summed E-state index contributed by atoms with van der Waals surface area (Å²) in [6.07, 6.45) is 0.653. The van der Waals surface area contributed by atoms with Gasteiger partial charge in [-0.15, -0.1) is 0 Å². The number of aromatic nitrogens is 2. The first-order chi connectivity index (χ1) is 6.40. The summed E-state index contributed by atoms with van der Waals surface area (Å²) in [7, 11) is -4.21. The first-order valence-electron chi connectivity index (χ1n) is 3.73. The van der Waals surface area contributed by atoms with Crippen LogP contribution < -0.4 is 5.32 Å². The number of hydrogen-bond donors (Lipinski definition) is 4. The van der Waals surface area contributed by atoms with E-state index in [1.54, 1.807) is 6.92 Å². The molecule has 14 heavy (non-hydrogen) atoms. The Kier molecular flexibility index (Phi) is 3.05. The number of aromatic amines is 1. The highest BCUT2D eigenvalue weighted by Crippen LogP contribution is 2.31. The molecule has 0 bridgehead atoms. The Morgan fingerprint density at radius 3 is 2.79 bits per heavy atom. The number of hydrogen-bond acceptors (Lipinski definition) is 3. The average molecular weight is 219 g/mol. The maximum absolute atomic E-state index is 11.2. The van der Waals surface area contributed by atoms with E-state index in [4.69, 9.17) is 9.79 Å². The number of aryl methyl sites for hydroxylation is 1. The van der Waals surface area contributed by atoms with Gasteiger partial charge in [0.05, 0.1) is 6.33 Å². The first kappa shape index (κ1) is 10.9. The first-order valence-corrected chi connectivity index (χ1v) is 5.52. The summed E-state index contributed by atoms with van der Waals surface area (Å²) >= 11 is 0. The van der Waals surface area contributed by atoms with Gasteiger partial charge in [0.1, 0.15) is 12.0 Å². The zero-order valence-corrected chi connectivity index (χ0v) is 8.28. The Bertz CT molecular complexity index is 382. The lowest BCUT2D eigenvalue weighted by Gasteiger charge is -2.04. The van der Waals surface area contributed by atoms with Crippen LogP contribution in [0.1, 0.15) is 16.2 Å². The Balaban J connectivity index is 2.61. The molecule has 78 valence electrons. The van der Waals surface area contributed by atoms with Crippen molar-refractivity contribution in [1.29, 1.82) is 0 Å². The molecule has 1 rings (SSSR count). The summed E-state index contributed by atoms with van der Waals surface area (Å²) in [5.74, 6) is -0.605. The molecule has 0 aliphatic heterocycles. The van der Waals surface area contributed by atoms with E-state index >= 15 is 0 Å². The molecule has 4 N–H and O–H groups in total. The fourth-order valence-corrected chi connectivity index (χ4v) is 1.20. The second kappa shape index (κ2) is 3.91. The van der Waals surface area contributed by atoms with Gasteiger partial charge in [-0.25, -0.2) is 4.98 Å². The Morgan fingerprint density at radius 2 is 2.36 bits per heavy atom. The monoisotopic (exact) mass is 219 g/mol. The molecule has 0 aliphatic rings. The van der Waals surface area contributed by atoms with Crippen LogP contribution in [-0.4, -0.2) is 31.9 Å². The fraction of sp³-hybridized carbons (Fsp3) is 0.333. The van der Waals surface area contributed by atoms with Crippen molar-refractivity contribution in [2.75, 3.05) is 6.29 Å². The molecule has 0 unspecified atom stereocenters. The lowest BCUT2D eigenvalue weighted by Crippen LogP contribution is -2.25. The van der Waals surface area contributed by atoms with Gasteiger partial charge < -0.3 is 20.1 Å². The van der Waals surface area contributed by atoms with Crippen molar-refractivity contribution in [3.63, 3.8) is 0 Å². The molecular weight excluding hydrogens is 209 g/mol. The summed E-state index contributed by atoms with van der Waals surface area (Å²) in [5.41, 5.74) is 0.687. The highest BCUT2D eigenvalue weighted by Gasteiger charge is 2.17. The van der Waals surface area contributed by atoms with Gasteiger partial charge in [0.2, 0.25) is 0 Å². The van der Waals surface area contributed by atoms with Gasteiger partial charge >= 0.3 is 7.60 Å². The Hall–Kier alpha value is -1.17. The predicted octanol–water partition coefficient (Wildman–Crippen LogP) is -0.417. The number of nitrogens with one attached hydrogen (secondary N) is 2. The van der Waals surface area contributed by atoms with Crippen LogP contribution >= 0.6 is 7.60 Å². The van der Waals surface area contributed by atoms with Crippen LogP contribution in [0.3, 0.4) is 0 Å². The minimum absolute atomic E-state index is 0.137. The lowest BCUT2D eigenvalue weighted by molar-refractivity contribution is 0.0952. The number of rotatable bonds is 3. The van der Waals surface area contributed by atoms with Gasteiger partial charge in [0.15, 0.2) is 0 Å². The third kappa shape index (κ3) is 2.95. The molecule has 1 amide bonds. The van der Waals surface area contributed by atoms with Crippen LogP contribution in [0.25, 0.3) is 0 Å².